The van der Waals surface area contributed by atoms with E-state index in [2.05, 4.69) is 0 Å². The first-order valence-corrected chi connectivity index (χ1v) is 5.31. The van der Waals surface area contributed by atoms with Gasteiger partial charge in [-0.15, -0.1) is 0 Å². The average Bonchev–Trinajstić information content (AvgIpc) is 2.49. The Bertz CT molecular complexity index is 324. The third kappa shape index (κ3) is 3.11. The van der Waals surface area contributed by atoms with Crippen LogP contribution in [0.4, 0.5) is 0 Å². The molecule has 0 aliphatic heterocycles. The molecule has 86 valence electrons. The lowest BCUT2D eigenvalue weighted by atomic mass is 10.1. The van der Waals surface area contributed by atoms with Gasteiger partial charge in [0, 0.05) is 5.56 Å². The summed E-state index contributed by atoms with van der Waals surface area (Å²) in [6, 6.07) is 0. The summed E-state index contributed by atoms with van der Waals surface area (Å²) in [7, 11) is 0. The van der Waals surface area contributed by atoms with Gasteiger partial charge in [0.05, 0.1) is 6.61 Å². The van der Waals surface area contributed by atoms with Gasteiger partial charge in [-0.2, -0.15) is 0 Å². The summed E-state index contributed by atoms with van der Waals surface area (Å²) in [5.41, 5.74) is 1.89. The maximum absolute atomic E-state index is 11.3. The Hall–Kier alpha value is -1.25. The second-order valence-electron chi connectivity index (χ2n) is 2.96. The van der Waals surface area contributed by atoms with Crippen molar-refractivity contribution in [3.8, 4) is 0 Å². The number of hydrogen-bond acceptors (Lipinski definition) is 3. The van der Waals surface area contributed by atoms with E-state index in [0.29, 0.717) is 12.4 Å². The van der Waals surface area contributed by atoms with Gasteiger partial charge in [0.2, 0.25) is 5.76 Å². The van der Waals surface area contributed by atoms with Crippen LogP contribution in [0, 0.1) is 20.8 Å². The Kier molecular flexibility index (Phi) is 5.75. The van der Waals surface area contributed by atoms with E-state index in [1.807, 2.05) is 34.6 Å². The van der Waals surface area contributed by atoms with Crippen LogP contribution in [0.25, 0.3) is 0 Å². The third-order valence-corrected chi connectivity index (χ3v) is 2.15. The zero-order valence-electron chi connectivity index (χ0n) is 10.4. The van der Waals surface area contributed by atoms with Crippen LogP contribution >= 0.6 is 0 Å². The predicted molar refractivity (Wildman–Crippen MR) is 60.2 cm³/mol. The highest BCUT2D eigenvalue weighted by Gasteiger charge is 2.18. The van der Waals surface area contributed by atoms with Crippen molar-refractivity contribution in [2.45, 2.75) is 41.5 Å². The van der Waals surface area contributed by atoms with Crippen molar-refractivity contribution in [1.29, 1.82) is 0 Å². The van der Waals surface area contributed by atoms with Gasteiger partial charge >= 0.3 is 5.97 Å². The number of carbonyl (C=O) groups is 1. The summed E-state index contributed by atoms with van der Waals surface area (Å²) in [5, 5.41) is 0. The molecule has 0 aliphatic carbocycles. The number of carbonyl (C=O) groups excluding carboxylic acids is 1. The molecule has 0 saturated heterocycles. The molecule has 1 aromatic rings. The normalized spacial score (nSPS) is 9.20. The lowest BCUT2D eigenvalue weighted by Crippen LogP contribution is -2.04. The highest BCUT2D eigenvalue weighted by molar-refractivity contribution is 5.88. The molecule has 0 bridgehead atoms. The number of esters is 1. The minimum atomic E-state index is -0.379. The Morgan fingerprint density at radius 3 is 2.07 bits per heavy atom. The predicted octanol–water partition coefficient (Wildman–Crippen LogP) is 3.41. The van der Waals surface area contributed by atoms with E-state index in [9.17, 15) is 4.79 Å². The molecule has 1 rings (SSSR count). The van der Waals surface area contributed by atoms with E-state index >= 15 is 0 Å². The number of hydrogen-bond donors (Lipinski definition) is 0. The van der Waals surface area contributed by atoms with Gasteiger partial charge in [0.25, 0.3) is 0 Å². The number of rotatable bonds is 2. The van der Waals surface area contributed by atoms with E-state index in [1.165, 1.54) is 0 Å². The van der Waals surface area contributed by atoms with E-state index in [1.54, 1.807) is 6.92 Å². The Balaban J connectivity index is 0.000000921. The molecule has 0 spiro atoms. The standard InChI is InChI=1S/C10H14O3.C2H6/c1-5-12-10(11)9-7(3)6(2)8(4)13-9;1-2/h5H2,1-4H3;1-2H3. The summed E-state index contributed by atoms with van der Waals surface area (Å²) in [4.78, 5) is 11.3. The van der Waals surface area contributed by atoms with Gasteiger partial charge in [-0.1, -0.05) is 13.8 Å². The van der Waals surface area contributed by atoms with Crippen LogP contribution in [-0.4, -0.2) is 12.6 Å². The van der Waals surface area contributed by atoms with Crippen molar-refractivity contribution < 1.29 is 13.9 Å². The average molecular weight is 212 g/mol. The van der Waals surface area contributed by atoms with Crippen molar-refractivity contribution >= 4 is 5.97 Å². The Morgan fingerprint density at radius 2 is 1.73 bits per heavy atom. The Morgan fingerprint density at radius 1 is 1.20 bits per heavy atom. The lowest BCUT2D eigenvalue weighted by Gasteiger charge is -1.98. The SMILES string of the molecule is CC.CCOC(=O)c1oc(C)c(C)c1C. The van der Waals surface area contributed by atoms with Crippen LogP contribution in [0.1, 0.15) is 48.2 Å². The molecule has 0 radical (unpaired) electrons. The summed E-state index contributed by atoms with van der Waals surface area (Å²) in [5.74, 6) is 0.730. The molecule has 15 heavy (non-hydrogen) atoms. The fraction of sp³-hybridized carbons (Fsp3) is 0.583. The van der Waals surface area contributed by atoms with Crippen molar-refractivity contribution in [2.24, 2.45) is 0 Å². The fourth-order valence-corrected chi connectivity index (χ4v) is 1.13. The van der Waals surface area contributed by atoms with Crippen LogP contribution in [0.3, 0.4) is 0 Å². The molecule has 0 unspecified atom stereocenters. The third-order valence-electron chi connectivity index (χ3n) is 2.15. The first-order valence-electron chi connectivity index (χ1n) is 5.31. The maximum Gasteiger partial charge on any atom is 0.374 e. The van der Waals surface area contributed by atoms with E-state index in [-0.39, 0.29) is 5.97 Å². The van der Waals surface area contributed by atoms with E-state index in [0.717, 1.165) is 16.9 Å². The highest BCUT2D eigenvalue weighted by Crippen LogP contribution is 2.20. The molecule has 0 amide bonds. The first-order chi connectivity index (χ1) is 7.07. The molecule has 0 fully saturated rings. The van der Waals surface area contributed by atoms with Gasteiger partial charge in [-0.3, -0.25) is 0 Å². The van der Waals surface area contributed by atoms with Crippen LogP contribution in [-0.2, 0) is 4.74 Å². The van der Waals surface area contributed by atoms with Crippen molar-refractivity contribution in [1.82, 2.24) is 0 Å². The number of furan rings is 1. The molecular formula is C12H20O3. The Labute approximate surface area is 91.4 Å². The lowest BCUT2D eigenvalue weighted by molar-refractivity contribution is 0.0487. The van der Waals surface area contributed by atoms with E-state index < -0.39 is 0 Å². The number of ether oxygens (including phenoxy) is 1. The second kappa shape index (κ2) is 6.27. The van der Waals surface area contributed by atoms with Gasteiger partial charge in [-0.25, -0.2) is 4.79 Å². The van der Waals surface area contributed by atoms with Gasteiger partial charge < -0.3 is 9.15 Å². The molecule has 3 nitrogen and oxygen atoms in total. The topological polar surface area (TPSA) is 39.4 Å². The summed E-state index contributed by atoms with van der Waals surface area (Å²) >= 11 is 0. The molecule has 0 N–H and O–H groups in total. The zero-order chi connectivity index (χ0) is 12.0. The van der Waals surface area contributed by atoms with Crippen molar-refractivity contribution in [2.75, 3.05) is 6.61 Å². The summed E-state index contributed by atoms with van der Waals surface area (Å²) in [6.45, 7) is 11.8. The molecule has 0 saturated carbocycles. The summed E-state index contributed by atoms with van der Waals surface area (Å²) < 4.78 is 10.1. The molecule has 3 heteroatoms. The molecule has 0 aliphatic rings. The van der Waals surface area contributed by atoms with Crippen LogP contribution in [0.5, 0.6) is 0 Å². The highest BCUT2D eigenvalue weighted by atomic mass is 16.5. The first kappa shape index (κ1) is 13.8. The monoisotopic (exact) mass is 212 g/mol. The molecule has 1 aromatic heterocycles. The van der Waals surface area contributed by atoms with Gasteiger partial charge in [0.1, 0.15) is 5.76 Å². The maximum atomic E-state index is 11.3. The smallest absolute Gasteiger partial charge is 0.374 e. The van der Waals surface area contributed by atoms with Crippen LogP contribution in [0.15, 0.2) is 4.42 Å². The summed E-state index contributed by atoms with van der Waals surface area (Å²) in [6.07, 6.45) is 0. The van der Waals surface area contributed by atoms with Crippen molar-refractivity contribution in [3.63, 3.8) is 0 Å². The van der Waals surface area contributed by atoms with Crippen LogP contribution in [0.2, 0.25) is 0 Å². The molecule has 1 heterocycles. The minimum Gasteiger partial charge on any atom is -0.460 e. The van der Waals surface area contributed by atoms with Gasteiger partial charge in [0.15, 0.2) is 0 Å². The van der Waals surface area contributed by atoms with Gasteiger partial charge in [-0.05, 0) is 33.3 Å². The minimum absolute atomic E-state index is 0.330. The molecular weight excluding hydrogens is 192 g/mol. The number of aryl methyl sites for hydroxylation is 1. The van der Waals surface area contributed by atoms with E-state index in [4.69, 9.17) is 9.15 Å². The van der Waals surface area contributed by atoms with Crippen LogP contribution < -0.4 is 0 Å². The molecule has 0 atom stereocenters. The zero-order valence-corrected chi connectivity index (χ0v) is 10.4. The quantitative estimate of drug-likeness (QED) is 0.705. The second-order valence-corrected chi connectivity index (χ2v) is 2.96. The largest absolute Gasteiger partial charge is 0.460 e. The fourth-order valence-electron chi connectivity index (χ4n) is 1.13. The van der Waals surface area contributed by atoms with Crippen molar-refractivity contribution in [3.05, 3.63) is 22.6 Å². The molecule has 0 aromatic carbocycles.